The molecule has 0 N–H and O–H groups in total. The molecular weight excluding hydrogens is 338 g/mol. The molecule has 2 aromatic carbocycles. The van der Waals surface area contributed by atoms with Crippen LogP contribution in [0, 0.1) is 20.8 Å². The van der Waals surface area contributed by atoms with Gasteiger partial charge in [0.15, 0.2) is 0 Å². The molecule has 0 bridgehead atoms. The van der Waals surface area contributed by atoms with E-state index < -0.39 is 0 Å². The Morgan fingerprint density at radius 1 is 1.11 bits per heavy atom. The Kier molecular flexibility index (Phi) is 5.50. The molecule has 0 unspecified atom stereocenters. The number of rotatable bonds is 6. The summed E-state index contributed by atoms with van der Waals surface area (Å²) in [6.07, 6.45) is 1.69. The van der Waals surface area contributed by atoms with E-state index >= 15 is 0 Å². The van der Waals surface area contributed by atoms with Gasteiger partial charge in [-0.1, -0.05) is 58.8 Å². The molecule has 1 aromatic heterocycles. The number of hydrogen-bond donors (Lipinski definition) is 0. The molecule has 5 nitrogen and oxygen atoms in total. The van der Waals surface area contributed by atoms with Gasteiger partial charge in [-0.2, -0.15) is 4.98 Å². The van der Waals surface area contributed by atoms with Gasteiger partial charge in [-0.25, -0.2) is 0 Å². The van der Waals surface area contributed by atoms with E-state index in [0.29, 0.717) is 23.8 Å². The quantitative estimate of drug-likeness (QED) is 0.607. The van der Waals surface area contributed by atoms with Gasteiger partial charge in [0.05, 0.1) is 0 Å². The maximum atomic E-state index is 13.0. The predicted molar refractivity (Wildman–Crippen MR) is 105 cm³/mol. The van der Waals surface area contributed by atoms with Crippen LogP contribution in [0.1, 0.15) is 32.9 Å². The highest BCUT2D eigenvalue weighted by Crippen LogP contribution is 2.19. The van der Waals surface area contributed by atoms with Crippen LogP contribution in [0.25, 0.3) is 11.4 Å². The topological polar surface area (TPSA) is 59.2 Å². The number of carbonyl (C=O) groups excluding carboxylic acids is 1. The lowest BCUT2D eigenvalue weighted by atomic mass is 10.0. The summed E-state index contributed by atoms with van der Waals surface area (Å²) in [5.41, 5.74) is 4.70. The van der Waals surface area contributed by atoms with Gasteiger partial charge in [0.25, 0.3) is 5.91 Å². The first-order chi connectivity index (χ1) is 13.0. The molecule has 1 amide bonds. The van der Waals surface area contributed by atoms with Crippen molar-refractivity contribution in [3.05, 3.63) is 83.3 Å². The van der Waals surface area contributed by atoms with Gasteiger partial charge in [0, 0.05) is 17.7 Å². The normalized spacial score (nSPS) is 10.6. The van der Waals surface area contributed by atoms with Gasteiger partial charge in [-0.05, 0) is 32.4 Å². The maximum absolute atomic E-state index is 13.0. The number of aryl methyl sites for hydroxylation is 3. The molecule has 1 heterocycles. The largest absolute Gasteiger partial charge is 0.337 e. The fourth-order valence-electron chi connectivity index (χ4n) is 2.81. The Morgan fingerprint density at radius 2 is 1.81 bits per heavy atom. The van der Waals surface area contributed by atoms with E-state index in [-0.39, 0.29) is 12.5 Å². The summed E-state index contributed by atoms with van der Waals surface area (Å²) in [4.78, 5) is 19.1. The van der Waals surface area contributed by atoms with Gasteiger partial charge in [0.1, 0.15) is 6.54 Å². The Morgan fingerprint density at radius 3 is 2.52 bits per heavy atom. The third-order valence-electron chi connectivity index (χ3n) is 4.36. The highest BCUT2D eigenvalue weighted by molar-refractivity contribution is 5.95. The first kappa shape index (κ1) is 18.6. The molecule has 138 valence electrons. The van der Waals surface area contributed by atoms with Crippen molar-refractivity contribution in [2.45, 2.75) is 27.3 Å². The second-order valence-electron chi connectivity index (χ2n) is 6.67. The molecule has 0 radical (unpaired) electrons. The third kappa shape index (κ3) is 4.31. The monoisotopic (exact) mass is 361 g/mol. The van der Waals surface area contributed by atoms with Crippen molar-refractivity contribution in [2.24, 2.45) is 0 Å². The third-order valence-corrected chi connectivity index (χ3v) is 4.36. The molecular formula is C22H23N3O2. The summed E-state index contributed by atoms with van der Waals surface area (Å²) in [5, 5.41) is 4.04. The molecule has 0 aliphatic rings. The Hall–Kier alpha value is -3.21. The van der Waals surface area contributed by atoms with Crippen LogP contribution < -0.4 is 0 Å². The molecule has 27 heavy (non-hydrogen) atoms. The summed E-state index contributed by atoms with van der Waals surface area (Å²) in [6, 6.07) is 13.8. The summed E-state index contributed by atoms with van der Waals surface area (Å²) in [7, 11) is 0. The Balaban J connectivity index is 1.82. The summed E-state index contributed by atoms with van der Waals surface area (Å²) in [6.45, 7) is 10.3. The van der Waals surface area contributed by atoms with E-state index in [2.05, 4.69) is 16.7 Å². The van der Waals surface area contributed by atoms with E-state index in [4.69, 9.17) is 4.52 Å². The maximum Gasteiger partial charge on any atom is 0.254 e. The predicted octanol–water partition coefficient (Wildman–Crippen LogP) is 4.49. The lowest BCUT2D eigenvalue weighted by Crippen LogP contribution is -2.31. The van der Waals surface area contributed by atoms with Gasteiger partial charge < -0.3 is 9.42 Å². The van der Waals surface area contributed by atoms with Crippen LogP contribution in [0.5, 0.6) is 0 Å². The Bertz CT molecular complexity index is 958. The van der Waals surface area contributed by atoms with E-state index in [1.54, 1.807) is 11.0 Å². The minimum absolute atomic E-state index is 0.0776. The van der Waals surface area contributed by atoms with Crippen LogP contribution in [0.2, 0.25) is 0 Å². The van der Waals surface area contributed by atoms with Crippen LogP contribution in [0.15, 0.2) is 59.6 Å². The van der Waals surface area contributed by atoms with Gasteiger partial charge in [-0.15, -0.1) is 6.58 Å². The Labute approximate surface area is 159 Å². The van der Waals surface area contributed by atoms with Crippen LogP contribution in [0.3, 0.4) is 0 Å². The van der Waals surface area contributed by atoms with Gasteiger partial charge in [-0.3, -0.25) is 4.79 Å². The van der Waals surface area contributed by atoms with Crippen molar-refractivity contribution in [3.8, 4) is 11.4 Å². The van der Waals surface area contributed by atoms with Crippen molar-refractivity contribution in [2.75, 3.05) is 6.54 Å². The van der Waals surface area contributed by atoms with E-state index in [1.807, 2.05) is 63.2 Å². The minimum atomic E-state index is -0.0776. The summed E-state index contributed by atoms with van der Waals surface area (Å²) < 4.78 is 5.38. The molecule has 0 saturated carbocycles. The average molecular weight is 361 g/mol. The smallest absolute Gasteiger partial charge is 0.254 e. The van der Waals surface area contributed by atoms with Crippen molar-refractivity contribution in [3.63, 3.8) is 0 Å². The fourth-order valence-corrected chi connectivity index (χ4v) is 2.81. The highest BCUT2D eigenvalue weighted by atomic mass is 16.5. The second-order valence-corrected chi connectivity index (χ2v) is 6.67. The molecule has 0 fully saturated rings. The number of nitrogens with zero attached hydrogens (tertiary/aromatic N) is 3. The van der Waals surface area contributed by atoms with Crippen LogP contribution in [-0.2, 0) is 6.54 Å². The standard InChI is InChI=1S/C22H23N3O2/c1-5-12-25(22(26)19-13-16(3)6-9-17(19)4)14-20-23-21(24-27-20)18-10-7-15(2)8-11-18/h5-11,13H,1,12,14H2,2-4H3. The lowest BCUT2D eigenvalue weighted by Gasteiger charge is -2.20. The number of carbonyl (C=O) groups is 1. The molecule has 0 aliphatic heterocycles. The molecule has 0 saturated heterocycles. The molecule has 0 aliphatic carbocycles. The fraction of sp³-hybridized carbons (Fsp3) is 0.227. The molecule has 3 aromatic rings. The van der Waals surface area contributed by atoms with Crippen molar-refractivity contribution >= 4 is 5.91 Å². The second kappa shape index (κ2) is 7.99. The van der Waals surface area contributed by atoms with Crippen LogP contribution >= 0.6 is 0 Å². The first-order valence-corrected chi connectivity index (χ1v) is 8.85. The summed E-state index contributed by atoms with van der Waals surface area (Å²) >= 11 is 0. The zero-order valence-corrected chi connectivity index (χ0v) is 15.9. The number of amides is 1. The molecule has 3 rings (SSSR count). The van der Waals surface area contributed by atoms with Crippen molar-refractivity contribution < 1.29 is 9.32 Å². The van der Waals surface area contributed by atoms with Crippen molar-refractivity contribution in [1.82, 2.24) is 15.0 Å². The first-order valence-electron chi connectivity index (χ1n) is 8.85. The SMILES string of the molecule is C=CCN(Cc1nc(-c2ccc(C)cc2)no1)C(=O)c1cc(C)ccc1C. The molecule has 0 atom stereocenters. The zero-order valence-electron chi connectivity index (χ0n) is 15.9. The number of hydrogen-bond acceptors (Lipinski definition) is 4. The van der Waals surface area contributed by atoms with Crippen LogP contribution in [0.4, 0.5) is 0 Å². The molecule has 0 spiro atoms. The van der Waals surface area contributed by atoms with Gasteiger partial charge in [0.2, 0.25) is 11.7 Å². The number of benzene rings is 2. The zero-order chi connectivity index (χ0) is 19.4. The highest BCUT2D eigenvalue weighted by Gasteiger charge is 2.20. The summed E-state index contributed by atoms with van der Waals surface area (Å²) in [5.74, 6) is 0.833. The minimum Gasteiger partial charge on any atom is -0.337 e. The lowest BCUT2D eigenvalue weighted by molar-refractivity contribution is 0.0744. The van der Waals surface area contributed by atoms with E-state index in [1.165, 1.54) is 5.56 Å². The van der Waals surface area contributed by atoms with E-state index in [0.717, 1.165) is 16.7 Å². The van der Waals surface area contributed by atoms with Crippen LogP contribution in [-0.4, -0.2) is 27.5 Å². The van der Waals surface area contributed by atoms with Gasteiger partial charge >= 0.3 is 0 Å². The number of aromatic nitrogens is 2. The molecule has 5 heteroatoms. The van der Waals surface area contributed by atoms with Crippen molar-refractivity contribution in [1.29, 1.82) is 0 Å². The van der Waals surface area contributed by atoms with E-state index in [9.17, 15) is 4.79 Å². The average Bonchev–Trinajstić information content (AvgIpc) is 3.12.